The molecular weight excluding hydrogens is 373 g/mol. The van der Waals surface area contributed by atoms with E-state index in [-0.39, 0.29) is 18.2 Å². The summed E-state index contributed by atoms with van der Waals surface area (Å²) < 4.78 is 66.3. The number of benzene rings is 1. The number of nitrogens with zero attached hydrogens (tertiary/aromatic N) is 2. The van der Waals surface area contributed by atoms with Gasteiger partial charge in [0.1, 0.15) is 0 Å². The summed E-state index contributed by atoms with van der Waals surface area (Å²) >= 11 is 0. The van der Waals surface area contributed by atoms with E-state index in [1.54, 1.807) is 0 Å². The van der Waals surface area contributed by atoms with Crippen LogP contribution in [-0.4, -0.2) is 42.6 Å². The Hall–Kier alpha value is -1.83. The minimum Gasteiger partial charge on any atom is -0.390 e. The molecule has 2 aliphatic carbocycles. The third kappa shape index (κ3) is 2.20. The van der Waals surface area contributed by atoms with Crippen LogP contribution in [0.3, 0.4) is 0 Å². The van der Waals surface area contributed by atoms with Gasteiger partial charge >= 0.3 is 6.18 Å². The SMILES string of the molecule is N#Cc1ccc(N2C[C@H]3[C@@H]4C[C@@H]([C@@H](O)[C@H]4O)[C@H]3S2(=O)=O)cc1C(F)(F)F. The average Bonchev–Trinajstić information content (AvgIpc) is 3.17. The van der Waals surface area contributed by atoms with E-state index in [0.29, 0.717) is 12.5 Å². The van der Waals surface area contributed by atoms with E-state index in [0.717, 1.165) is 10.4 Å². The summed E-state index contributed by atoms with van der Waals surface area (Å²) in [4.78, 5) is 0. The Morgan fingerprint density at radius 2 is 1.81 bits per heavy atom. The van der Waals surface area contributed by atoms with Gasteiger partial charge in [-0.15, -0.1) is 0 Å². The van der Waals surface area contributed by atoms with Crippen LogP contribution in [0.5, 0.6) is 0 Å². The highest BCUT2D eigenvalue weighted by molar-refractivity contribution is 7.93. The van der Waals surface area contributed by atoms with Gasteiger partial charge < -0.3 is 10.2 Å². The lowest BCUT2D eigenvalue weighted by Crippen LogP contribution is -2.45. The van der Waals surface area contributed by atoms with Crippen LogP contribution in [0.2, 0.25) is 0 Å². The molecule has 0 amide bonds. The van der Waals surface area contributed by atoms with Crippen molar-refractivity contribution in [2.24, 2.45) is 17.8 Å². The smallest absolute Gasteiger partial charge is 0.390 e. The molecule has 2 saturated carbocycles. The Bertz CT molecular complexity index is 911. The van der Waals surface area contributed by atoms with Gasteiger partial charge in [-0.25, -0.2) is 8.42 Å². The van der Waals surface area contributed by atoms with E-state index in [4.69, 9.17) is 5.26 Å². The zero-order valence-corrected chi connectivity index (χ0v) is 14.1. The van der Waals surface area contributed by atoms with Crippen molar-refractivity contribution < 1.29 is 31.8 Å². The summed E-state index contributed by atoms with van der Waals surface area (Å²) in [6, 6.07) is 4.27. The van der Waals surface area contributed by atoms with Crippen molar-refractivity contribution in [1.82, 2.24) is 0 Å². The van der Waals surface area contributed by atoms with Crippen LogP contribution in [0.25, 0.3) is 0 Å². The van der Waals surface area contributed by atoms with Gasteiger partial charge in [0.05, 0.1) is 40.3 Å². The third-order valence-electron chi connectivity index (χ3n) is 5.91. The summed E-state index contributed by atoms with van der Waals surface area (Å²) in [5, 5.41) is 28.0. The number of alkyl halides is 3. The first kappa shape index (κ1) is 17.6. The number of nitriles is 1. The fourth-order valence-electron chi connectivity index (χ4n) is 4.81. The Morgan fingerprint density at radius 3 is 2.42 bits per heavy atom. The molecule has 0 spiro atoms. The van der Waals surface area contributed by atoms with E-state index in [1.807, 2.05) is 0 Å². The first-order chi connectivity index (χ1) is 12.1. The fourth-order valence-corrected chi connectivity index (χ4v) is 7.34. The van der Waals surface area contributed by atoms with Gasteiger partial charge in [0.25, 0.3) is 0 Å². The van der Waals surface area contributed by atoms with Crippen LogP contribution >= 0.6 is 0 Å². The van der Waals surface area contributed by atoms with Gasteiger partial charge in [-0.05, 0) is 30.5 Å². The third-order valence-corrected chi connectivity index (χ3v) is 8.27. The predicted octanol–water partition coefficient (Wildman–Crippen LogP) is 1.08. The summed E-state index contributed by atoms with van der Waals surface area (Å²) in [6.45, 7) is -0.0405. The van der Waals surface area contributed by atoms with Crippen molar-refractivity contribution >= 4 is 15.7 Å². The van der Waals surface area contributed by atoms with Crippen molar-refractivity contribution in [2.45, 2.75) is 30.1 Å². The highest BCUT2D eigenvalue weighted by atomic mass is 32.2. The fraction of sp³-hybridized carbons (Fsp3) is 0.562. The van der Waals surface area contributed by atoms with Gasteiger partial charge in [0, 0.05) is 18.4 Å². The Labute approximate surface area is 147 Å². The van der Waals surface area contributed by atoms with Crippen molar-refractivity contribution in [3.05, 3.63) is 29.3 Å². The molecule has 2 N–H and O–H groups in total. The largest absolute Gasteiger partial charge is 0.417 e. The van der Waals surface area contributed by atoms with Crippen LogP contribution in [0.4, 0.5) is 18.9 Å². The molecule has 3 fully saturated rings. The molecule has 1 heterocycles. The quantitative estimate of drug-likeness (QED) is 0.750. The van der Waals surface area contributed by atoms with Gasteiger partial charge in [0.2, 0.25) is 10.0 Å². The number of anilines is 1. The lowest BCUT2D eigenvalue weighted by Gasteiger charge is -2.30. The molecule has 3 aliphatic rings. The topological polar surface area (TPSA) is 102 Å². The number of fused-ring (bicyclic) bond motifs is 5. The summed E-state index contributed by atoms with van der Waals surface area (Å²) in [7, 11) is -3.97. The molecule has 1 aliphatic heterocycles. The van der Waals surface area contributed by atoms with Crippen LogP contribution < -0.4 is 4.31 Å². The molecule has 140 valence electrons. The molecule has 0 radical (unpaired) electrons. The van der Waals surface area contributed by atoms with Crippen molar-refractivity contribution in [2.75, 3.05) is 10.8 Å². The van der Waals surface area contributed by atoms with E-state index < -0.39 is 56.6 Å². The lowest BCUT2D eigenvalue weighted by molar-refractivity contribution is -0.137. The number of hydrogen-bond acceptors (Lipinski definition) is 5. The molecule has 0 unspecified atom stereocenters. The minimum absolute atomic E-state index is 0.0405. The van der Waals surface area contributed by atoms with E-state index in [9.17, 15) is 31.8 Å². The molecule has 4 rings (SSSR count). The van der Waals surface area contributed by atoms with Gasteiger partial charge in [-0.1, -0.05) is 0 Å². The van der Waals surface area contributed by atoms with Crippen LogP contribution in [-0.2, 0) is 16.2 Å². The van der Waals surface area contributed by atoms with Crippen molar-refractivity contribution in [3.63, 3.8) is 0 Å². The van der Waals surface area contributed by atoms with Gasteiger partial charge in [-0.2, -0.15) is 18.4 Å². The second kappa shape index (κ2) is 5.34. The molecule has 0 aromatic heterocycles. The highest BCUT2D eigenvalue weighted by Crippen LogP contribution is 2.56. The first-order valence-electron chi connectivity index (χ1n) is 8.06. The summed E-state index contributed by atoms with van der Waals surface area (Å²) in [5.74, 6) is -1.44. The number of hydrogen-bond donors (Lipinski definition) is 2. The van der Waals surface area contributed by atoms with E-state index in [2.05, 4.69) is 0 Å². The molecule has 1 saturated heterocycles. The Balaban J connectivity index is 1.76. The zero-order valence-electron chi connectivity index (χ0n) is 13.3. The summed E-state index contributed by atoms with van der Waals surface area (Å²) in [5.41, 5.74) is -1.93. The Morgan fingerprint density at radius 1 is 1.15 bits per heavy atom. The van der Waals surface area contributed by atoms with E-state index >= 15 is 0 Å². The minimum atomic E-state index is -4.79. The standard InChI is InChI=1S/C16H15F3N2O4S/c17-16(18,19)12-3-8(2-1-7(12)5-20)21-6-11-9-4-10(14(23)13(9)22)15(11)26(21,24)25/h1-3,9-11,13-15,22-23H,4,6H2/t9-,10-,11-,13-,14+,15+/m0/s1. The van der Waals surface area contributed by atoms with Crippen LogP contribution in [0, 0.1) is 29.1 Å². The molecule has 2 bridgehead atoms. The number of aliphatic hydroxyl groups is 2. The predicted molar refractivity (Wildman–Crippen MR) is 83.3 cm³/mol. The second-order valence-corrected chi connectivity index (χ2v) is 9.10. The zero-order chi connectivity index (χ0) is 19.0. The maximum Gasteiger partial charge on any atom is 0.417 e. The lowest BCUT2D eigenvalue weighted by atomic mass is 9.84. The number of aliphatic hydroxyl groups excluding tert-OH is 2. The molecule has 6 nitrogen and oxygen atoms in total. The highest BCUT2D eigenvalue weighted by Gasteiger charge is 2.66. The number of sulfonamides is 1. The van der Waals surface area contributed by atoms with Crippen molar-refractivity contribution in [3.8, 4) is 6.07 Å². The number of halogens is 3. The van der Waals surface area contributed by atoms with Crippen LogP contribution in [0.15, 0.2) is 18.2 Å². The maximum absolute atomic E-state index is 13.2. The van der Waals surface area contributed by atoms with Crippen molar-refractivity contribution in [1.29, 1.82) is 5.26 Å². The summed E-state index contributed by atoms with van der Waals surface area (Å²) in [6.07, 6.45) is -6.54. The number of rotatable bonds is 1. The molecular formula is C16H15F3N2O4S. The van der Waals surface area contributed by atoms with Gasteiger partial charge in [-0.3, -0.25) is 4.31 Å². The second-order valence-electron chi connectivity index (χ2n) is 7.09. The average molecular weight is 388 g/mol. The molecule has 1 aromatic rings. The monoisotopic (exact) mass is 388 g/mol. The molecule has 26 heavy (non-hydrogen) atoms. The molecule has 6 atom stereocenters. The maximum atomic E-state index is 13.2. The normalized spacial score (nSPS) is 37.6. The Kier molecular flexibility index (Phi) is 3.61. The van der Waals surface area contributed by atoms with Crippen LogP contribution in [0.1, 0.15) is 17.5 Å². The van der Waals surface area contributed by atoms with E-state index in [1.165, 1.54) is 12.1 Å². The van der Waals surface area contributed by atoms with Gasteiger partial charge in [0.15, 0.2) is 0 Å². The molecule has 10 heteroatoms. The molecule has 1 aromatic carbocycles. The first-order valence-corrected chi connectivity index (χ1v) is 9.56.